The first-order chi connectivity index (χ1) is 16.2. The molecule has 0 unspecified atom stereocenters. The molecule has 1 heterocycles. The Kier molecular flexibility index (Phi) is 6.07. The first-order valence-electron chi connectivity index (χ1n) is 11.1. The minimum absolute atomic E-state index is 0.165. The standard InChI is InChI=1S/C28H27N3O3/c1-16-7-13-23(19(4)14-16)25-26(30-22-11-9-21(10-12-22)29-20(5)32)28(34)31(27(25)33)24-15-17(2)6-8-18(24)3/h6-15,30H,1-5H3,(H,29,32). The Hall–Kier alpha value is -4.19. The van der Waals surface area contributed by atoms with E-state index in [9.17, 15) is 14.4 Å². The average molecular weight is 454 g/mol. The van der Waals surface area contributed by atoms with Crippen molar-refractivity contribution in [1.82, 2.24) is 0 Å². The number of rotatable bonds is 5. The second-order valence-electron chi connectivity index (χ2n) is 8.69. The topological polar surface area (TPSA) is 78.5 Å². The van der Waals surface area contributed by atoms with Crippen molar-refractivity contribution in [1.29, 1.82) is 0 Å². The van der Waals surface area contributed by atoms with E-state index < -0.39 is 5.91 Å². The van der Waals surface area contributed by atoms with Crippen LogP contribution in [0, 0.1) is 27.7 Å². The first kappa shape index (κ1) is 23.0. The van der Waals surface area contributed by atoms with Gasteiger partial charge in [0.25, 0.3) is 11.8 Å². The highest BCUT2D eigenvalue weighted by molar-refractivity contribution is 6.46. The van der Waals surface area contributed by atoms with Crippen molar-refractivity contribution in [2.24, 2.45) is 0 Å². The van der Waals surface area contributed by atoms with Gasteiger partial charge in [0.15, 0.2) is 0 Å². The van der Waals surface area contributed by atoms with Gasteiger partial charge < -0.3 is 10.6 Å². The zero-order chi connectivity index (χ0) is 24.6. The van der Waals surface area contributed by atoms with Gasteiger partial charge in [0.2, 0.25) is 5.91 Å². The third kappa shape index (κ3) is 4.35. The third-order valence-electron chi connectivity index (χ3n) is 5.82. The molecule has 0 saturated heterocycles. The molecule has 4 rings (SSSR count). The van der Waals surface area contributed by atoms with E-state index in [0.717, 1.165) is 22.3 Å². The van der Waals surface area contributed by atoms with Crippen LogP contribution in [0.1, 0.15) is 34.7 Å². The number of hydrogen-bond donors (Lipinski definition) is 2. The van der Waals surface area contributed by atoms with Gasteiger partial charge in [-0.2, -0.15) is 0 Å². The molecule has 1 aliphatic heterocycles. The molecule has 0 radical (unpaired) electrons. The summed E-state index contributed by atoms with van der Waals surface area (Å²) in [6.45, 7) is 9.19. The normalized spacial score (nSPS) is 13.5. The molecule has 0 spiro atoms. The largest absolute Gasteiger partial charge is 0.350 e. The number of imide groups is 1. The van der Waals surface area contributed by atoms with Gasteiger partial charge in [-0.3, -0.25) is 14.4 Å². The van der Waals surface area contributed by atoms with E-state index in [-0.39, 0.29) is 17.5 Å². The van der Waals surface area contributed by atoms with E-state index in [1.807, 2.05) is 64.1 Å². The second kappa shape index (κ2) is 8.98. The van der Waals surface area contributed by atoms with Crippen LogP contribution < -0.4 is 15.5 Å². The molecule has 3 amide bonds. The quantitative estimate of drug-likeness (QED) is 0.516. The number of anilines is 3. The van der Waals surface area contributed by atoms with E-state index in [1.54, 1.807) is 24.3 Å². The summed E-state index contributed by atoms with van der Waals surface area (Å²) in [5.41, 5.74) is 6.94. The van der Waals surface area contributed by atoms with Crippen LogP contribution in [0.2, 0.25) is 0 Å². The minimum Gasteiger partial charge on any atom is -0.350 e. The lowest BCUT2D eigenvalue weighted by Crippen LogP contribution is -2.33. The lowest BCUT2D eigenvalue weighted by Gasteiger charge is -2.18. The van der Waals surface area contributed by atoms with Crippen molar-refractivity contribution >= 4 is 40.4 Å². The number of benzene rings is 3. The monoisotopic (exact) mass is 453 g/mol. The molecule has 0 atom stereocenters. The maximum Gasteiger partial charge on any atom is 0.282 e. The highest BCUT2D eigenvalue weighted by Gasteiger charge is 2.41. The number of carbonyl (C=O) groups excluding carboxylic acids is 3. The summed E-state index contributed by atoms with van der Waals surface area (Å²) < 4.78 is 0. The molecule has 34 heavy (non-hydrogen) atoms. The van der Waals surface area contributed by atoms with Gasteiger partial charge in [-0.15, -0.1) is 0 Å². The van der Waals surface area contributed by atoms with Gasteiger partial charge >= 0.3 is 0 Å². The van der Waals surface area contributed by atoms with Crippen LogP contribution in [0.3, 0.4) is 0 Å². The molecule has 6 nitrogen and oxygen atoms in total. The molecule has 0 aromatic heterocycles. The molecule has 6 heteroatoms. The predicted octanol–water partition coefficient (Wildman–Crippen LogP) is 5.28. The summed E-state index contributed by atoms with van der Waals surface area (Å²) >= 11 is 0. The van der Waals surface area contributed by atoms with Crippen LogP contribution in [0.5, 0.6) is 0 Å². The van der Waals surface area contributed by atoms with Crippen LogP contribution in [0.25, 0.3) is 5.57 Å². The second-order valence-corrected chi connectivity index (χ2v) is 8.69. The Labute approximate surface area is 199 Å². The first-order valence-corrected chi connectivity index (χ1v) is 11.1. The van der Waals surface area contributed by atoms with E-state index in [2.05, 4.69) is 10.6 Å². The molecule has 0 aliphatic carbocycles. The fourth-order valence-corrected chi connectivity index (χ4v) is 4.15. The fourth-order valence-electron chi connectivity index (χ4n) is 4.15. The summed E-state index contributed by atoms with van der Waals surface area (Å²) in [5, 5.41) is 5.90. The smallest absolute Gasteiger partial charge is 0.282 e. The van der Waals surface area contributed by atoms with Gasteiger partial charge in [-0.05, 0) is 80.3 Å². The highest BCUT2D eigenvalue weighted by atomic mass is 16.2. The third-order valence-corrected chi connectivity index (χ3v) is 5.82. The average Bonchev–Trinajstić information content (AvgIpc) is 3.00. The lowest BCUT2D eigenvalue weighted by atomic mass is 9.97. The molecular formula is C28H27N3O3. The summed E-state index contributed by atoms with van der Waals surface area (Å²) in [6, 6.07) is 18.6. The SMILES string of the molecule is CC(=O)Nc1ccc(NC2=C(c3ccc(C)cc3C)C(=O)N(c3cc(C)ccc3C)C2=O)cc1. The lowest BCUT2D eigenvalue weighted by molar-refractivity contribution is -0.120. The number of hydrogen-bond acceptors (Lipinski definition) is 4. The number of amides is 3. The van der Waals surface area contributed by atoms with Crippen molar-refractivity contribution < 1.29 is 14.4 Å². The zero-order valence-electron chi connectivity index (χ0n) is 19.9. The van der Waals surface area contributed by atoms with Crippen molar-refractivity contribution in [2.45, 2.75) is 34.6 Å². The molecule has 0 saturated carbocycles. The van der Waals surface area contributed by atoms with Gasteiger partial charge in [-0.25, -0.2) is 4.90 Å². The van der Waals surface area contributed by atoms with Gasteiger partial charge in [0, 0.05) is 18.3 Å². The van der Waals surface area contributed by atoms with Crippen LogP contribution in [0.4, 0.5) is 17.1 Å². The Morgan fingerprint density at radius 1 is 0.735 bits per heavy atom. The van der Waals surface area contributed by atoms with Crippen LogP contribution in [-0.4, -0.2) is 17.7 Å². The fraction of sp³-hybridized carbons (Fsp3) is 0.179. The maximum absolute atomic E-state index is 13.8. The van der Waals surface area contributed by atoms with E-state index in [1.165, 1.54) is 11.8 Å². The number of aryl methyl sites for hydroxylation is 4. The Balaban J connectivity index is 1.81. The Morgan fingerprint density at radius 2 is 1.35 bits per heavy atom. The molecule has 0 fully saturated rings. The molecular weight excluding hydrogens is 426 g/mol. The number of nitrogens with zero attached hydrogens (tertiary/aromatic N) is 1. The molecule has 1 aliphatic rings. The summed E-state index contributed by atoms with van der Waals surface area (Å²) in [6.07, 6.45) is 0. The van der Waals surface area contributed by atoms with Crippen molar-refractivity contribution in [3.8, 4) is 0 Å². The van der Waals surface area contributed by atoms with Crippen LogP contribution >= 0.6 is 0 Å². The molecule has 0 bridgehead atoms. The Morgan fingerprint density at radius 3 is 2.00 bits per heavy atom. The maximum atomic E-state index is 13.8. The molecule has 3 aromatic rings. The molecule has 172 valence electrons. The molecule has 2 N–H and O–H groups in total. The summed E-state index contributed by atoms with van der Waals surface area (Å²) in [7, 11) is 0. The van der Waals surface area contributed by atoms with Crippen molar-refractivity contribution in [2.75, 3.05) is 15.5 Å². The van der Waals surface area contributed by atoms with Crippen LogP contribution in [0.15, 0.2) is 66.4 Å². The van der Waals surface area contributed by atoms with Crippen molar-refractivity contribution in [3.05, 3.63) is 94.2 Å². The predicted molar refractivity (Wildman–Crippen MR) is 136 cm³/mol. The summed E-state index contributed by atoms with van der Waals surface area (Å²) in [4.78, 5) is 40.0. The van der Waals surface area contributed by atoms with E-state index in [4.69, 9.17) is 0 Å². The summed E-state index contributed by atoms with van der Waals surface area (Å²) in [5.74, 6) is -0.927. The number of nitrogens with one attached hydrogen (secondary N) is 2. The Bertz CT molecular complexity index is 1350. The van der Waals surface area contributed by atoms with Gasteiger partial charge in [0.05, 0.1) is 11.3 Å². The van der Waals surface area contributed by atoms with Gasteiger partial charge in [-0.1, -0.05) is 35.9 Å². The van der Waals surface area contributed by atoms with Gasteiger partial charge in [0.1, 0.15) is 5.70 Å². The van der Waals surface area contributed by atoms with Crippen LogP contribution in [-0.2, 0) is 14.4 Å². The highest BCUT2D eigenvalue weighted by Crippen LogP contribution is 2.36. The van der Waals surface area contributed by atoms with E-state index in [0.29, 0.717) is 28.2 Å². The molecule has 3 aromatic carbocycles. The number of carbonyl (C=O) groups is 3. The minimum atomic E-state index is -0.403. The zero-order valence-corrected chi connectivity index (χ0v) is 19.9. The van der Waals surface area contributed by atoms with Crippen molar-refractivity contribution in [3.63, 3.8) is 0 Å². The van der Waals surface area contributed by atoms with E-state index >= 15 is 0 Å².